The first-order chi connectivity index (χ1) is 31.4. The Balaban J connectivity index is 1.15. The number of anilines is 6. The van der Waals surface area contributed by atoms with E-state index in [9.17, 15) is 0 Å². The Kier molecular flexibility index (Phi) is 8.77. The molecule has 3 aliphatic rings. The number of aryl methyl sites for hydroxylation is 1. The first-order valence-corrected chi connectivity index (χ1v) is 22.9. The van der Waals surface area contributed by atoms with Crippen LogP contribution in [0.5, 0.6) is 11.5 Å². The maximum absolute atomic E-state index is 6.63. The third-order valence-corrected chi connectivity index (χ3v) is 13.5. The quantitative estimate of drug-likeness (QED) is 0.164. The molecule has 0 bridgehead atoms. The number of ether oxygens (including phenoxy) is 2. The van der Waals surface area contributed by atoms with Crippen molar-refractivity contribution in [2.75, 3.05) is 23.0 Å². The molecule has 0 radical (unpaired) electrons. The van der Waals surface area contributed by atoms with Crippen LogP contribution in [0.25, 0.3) is 44.6 Å². The van der Waals surface area contributed by atoms with Crippen LogP contribution >= 0.6 is 0 Å². The lowest BCUT2D eigenvalue weighted by atomic mass is 9.33. The summed E-state index contributed by atoms with van der Waals surface area (Å²) in [6, 6.07) is 53.0. The molecule has 12 rings (SSSR count). The topological polar surface area (TPSA) is 51.2 Å². The lowest BCUT2D eigenvalue weighted by Gasteiger charge is -2.45. The van der Waals surface area contributed by atoms with E-state index in [0.717, 1.165) is 102 Å². The molecule has 0 saturated heterocycles. The van der Waals surface area contributed by atoms with E-state index in [1.54, 1.807) is 0 Å². The van der Waals surface area contributed by atoms with E-state index < -0.39 is 0 Å². The molecule has 5 heterocycles. The van der Waals surface area contributed by atoms with Gasteiger partial charge in [0.25, 0.3) is 6.71 Å². The molecule has 0 N–H and O–H groups in total. The van der Waals surface area contributed by atoms with Gasteiger partial charge in [-0.3, -0.25) is 0 Å². The Labute approximate surface area is 381 Å². The molecule has 0 amide bonds. The molecule has 7 aromatic carbocycles. The number of fused-ring (bicyclic) bond motifs is 7. The van der Waals surface area contributed by atoms with Crippen molar-refractivity contribution in [3.63, 3.8) is 0 Å². The number of furan rings is 2. The Bertz CT molecular complexity index is 3210. The lowest BCUT2D eigenvalue weighted by Crippen LogP contribution is -2.61. The van der Waals surface area contributed by atoms with Gasteiger partial charge in [0, 0.05) is 68.5 Å². The fourth-order valence-electron chi connectivity index (χ4n) is 10.2. The van der Waals surface area contributed by atoms with Gasteiger partial charge >= 0.3 is 0 Å². The Morgan fingerprint density at radius 2 is 1.02 bits per heavy atom. The summed E-state index contributed by atoms with van der Waals surface area (Å²) < 4.78 is 26.2. The molecule has 7 heteroatoms. The van der Waals surface area contributed by atoms with Gasteiger partial charge in [-0.2, -0.15) is 0 Å². The maximum atomic E-state index is 6.63. The highest BCUT2D eigenvalue weighted by atomic mass is 16.5. The van der Waals surface area contributed by atoms with E-state index in [-0.39, 0.29) is 17.5 Å². The fourth-order valence-corrected chi connectivity index (χ4v) is 10.2. The van der Waals surface area contributed by atoms with E-state index in [1.165, 1.54) is 27.5 Å². The first-order valence-electron chi connectivity index (χ1n) is 22.9. The monoisotopic (exact) mass is 850 g/mol. The van der Waals surface area contributed by atoms with Gasteiger partial charge in [-0.05, 0) is 130 Å². The number of rotatable bonds is 4. The van der Waals surface area contributed by atoms with E-state index in [2.05, 4.69) is 180 Å². The second-order valence-electron chi connectivity index (χ2n) is 20.1. The van der Waals surface area contributed by atoms with Crippen LogP contribution in [0.4, 0.5) is 34.1 Å². The summed E-state index contributed by atoms with van der Waals surface area (Å²) in [4.78, 5) is 4.94. The van der Waals surface area contributed by atoms with Crippen LogP contribution in [0.1, 0.15) is 64.7 Å². The Morgan fingerprint density at radius 1 is 0.477 bits per heavy atom. The first kappa shape index (κ1) is 39.5. The normalized spacial score (nSPS) is 14.4. The predicted molar refractivity (Wildman–Crippen MR) is 269 cm³/mol. The molecule has 0 fully saturated rings. The fraction of sp³-hybridized carbons (Fsp3) is 0.207. The summed E-state index contributed by atoms with van der Waals surface area (Å²) >= 11 is 0. The van der Waals surface area contributed by atoms with Gasteiger partial charge in [-0.15, -0.1) is 0 Å². The largest absolute Gasteiger partial charge is 0.490 e. The number of para-hydroxylation sites is 2. The van der Waals surface area contributed by atoms with E-state index in [1.807, 2.05) is 24.3 Å². The van der Waals surface area contributed by atoms with Crippen LogP contribution < -0.4 is 35.7 Å². The van der Waals surface area contributed by atoms with Crippen LogP contribution in [0.3, 0.4) is 0 Å². The summed E-state index contributed by atoms with van der Waals surface area (Å²) in [7, 11) is 0. The van der Waals surface area contributed by atoms with Crippen LogP contribution in [0, 0.1) is 6.92 Å². The van der Waals surface area contributed by atoms with Crippen LogP contribution in [0.15, 0.2) is 154 Å². The zero-order valence-corrected chi connectivity index (χ0v) is 38.1. The predicted octanol–water partition coefficient (Wildman–Crippen LogP) is 13.7. The highest BCUT2D eigenvalue weighted by Gasteiger charge is 2.45. The smallest absolute Gasteiger partial charge is 0.252 e. The van der Waals surface area contributed by atoms with Crippen molar-refractivity contribution in [1.82, 2.24) is 0 Å². The van der Waals surface area contributed by atoms with Crippen molar-refractivity contribution in [2.24, 2.45) is 0 Å². The minimum Gasteiger partial charge on any atom is -0.490 e. The molecule has 0 unspecified atom stereocenters. The zero-order chi connectivity index (χ0) is 44.4. The molecule has 320 valence electrons. The Morgan fingerprint density at radius 3 is 1.60 bits per heavy atom. The number of hydrogen-bond acceptors (Lipinski definition) is 6. The molecule has 0 atom stereocenters. The molecular formula is C58H51BN2O4. The SMILES string of the molecule is Cc1cc2c3c(c1)N(c1ccc(C(C)(C)C)cc1)c1cc4c(cc1B3c1cc(C(C)(C)C)ccc1N2c1cc(-c2cc3ccccc3o2)cc(-c2cc3ccccc3o2)c1)OCCCO4. The van der Waals surface area contributed by atoms with Crippen molar-refractivity contribution < 1.29 is 18.3 Å². The third-order valence-electron chi connectivity index (χ3n) is 13.5. The zero-order valence-electron chi connectivity index (χ0n) is 38.1. The number of nitrogens with zero attached hydrogens (tertiary/aromatic N) is 2. The van der Waals surface area contributed by atoms with Gasteiger partial charge in [0.2, 0.25) is 0 Å². The van der Waals surface area contributed by atoms with Crippen LogP contribution in [-0.4, -0.2) is 19.9 Å². The highest BCUT2D eigenvalue weighted by Crippen LogP contribution is 2.49. The van der Waals surface area contributed by atoms with Gasteiger partial charge in [0.1, 0.15) is 22.7 Å². The van der Waals surface area contributed by atoms with Crippen LogP contribution in [0.2, 0.25) is 0 Å². The molecule has 6 nitrogen and oxygen atoms in total. The average molecular weight is 851 g/mol. The number of hydrogen-bond donors (Lipinski definition) is 0. The van der Waals surface area contributed by atoms with Crippen LogP contribution in [-0.2, 0) is 10.8 Å². The second-order valence-corrected chi connectivity index (χ2v) is 20.1. The minimum atomic E-state index is -0.0974. The summed E-state index contributed by atoms with van der Waals surface area (Å²) in [5, 5.41) is 2.13. The minimum absolute atomic E-state index is 0.0154. The lowest BCUT2D eigenvalue weighted by molar-refractivity contribution is 0.297. The van der Waals surface area contributed by atoms with Gasteiger partial charge in [-0.1, -0.05) is 102 Å². The molecule has 0 aliphatic carbocycles. The summed E-state index contributed by atoms with van der Waals surface area (Å²) in [6.45, 7) is 17.1. The van der Waals surface area contributed by atoms with E-state index in [4.69, 9.17) is 18.3 Å². The average Bonchev–Trinajstić information content (AvgIpc) is 3.86. The standard InChI is InChI=1S/C58H51BN2O4/c1-35-25-48-56-49(26-35)61(43-28-38(52-30-36-13-8-10-15-50(36)64-52)27-39(29-43)53-31-37-14-9-11-16-51(37)65-53)46-22-19-41(58(5,6)7)32-44(46)59(56)45-33-54-55(63-24-12-23-62-54)34-47(45)60(48)42-20-17-40(18-21-42)57(2,3)4/h8-11,13-22,25-34H,12,23-24H2,1-7H3. The van der Waals surface area contributed by atoms with Gasteiger partial charge < -0.3 is 28.1 Å². The van der Waals surface area contributed by atoms with Crippen molar-refractivity contribution >= 4 is 79.2 Å². The molecular weight excluding hydrogens is 799 g/mol. The summed E-state index contributed by atoms with van der Waals surface area (Å²) in [5.41, 5.74) is 17.6. The second kappa shape index (κ2) is 14.4. The molecule has 2 aromatic heterocycles. The van der Waals surface area contributed by atoms with Crippen molar-refractivity contribution in [1.29, 1.82) is 0 Å². The molecule has 3 aliphatic heterocycles. The highest BCUT2D eigenvalue weighted by molar-refractivity contribution is 7.00. The molecule has 0 saturated carbocycles. The molecule has 9 aromatic rings. The van der Waals surface area contributed by atoms with E-state index in [0.29, 0.717) is 13.2 Å². The van der Waals surface area contributed by atoms with Gasteiger partial charge in [0.05, 0.1) is 13.2 Å². The van der Waals surface area contributed by atoms with E-state index >= 15 is 0 Å². The molecule has 65 heavy (non-hydrogen) atoms. The maximum Gasteiger partial charge on any atom is 0.252 e. The van der Waals surface area contributed by atoms with Crippen molar-refractivity contribution in [3.8, 4) is 34.1 Å². The van der Waals surface area contributed by atoms with Crippen molar-refractivity contribution in [2.45, 2.75) is 65.7 Å². The summed E-state index contributed by atoms with van der Waals surface area (Å²) in [5.74, 6) is 3.19. The Hall–Kier alpha value is -7.12. The van der Waals surface area contributed by atoms with Gasteiger partial charge in [-0.25, -0.2) is 0 Å². The number of benzene rings is 7. The molecule has 0 spiro atoms. The van der Waals surface area contributed by atoms with Crippen molar-refractivity contribution in [3.05, 3.63) is 162 Å². The third kappa shape index (κ3) is 6.54. The summed E-state index contributed by atoms with van der Waals surface area (Å²) in [6.07, 6.45) is 0.834. The van der Waals surface area contributed by atoms with Gasteiger partial charge in [0.15, 0.2) is 11.5 Å².